The first-order valence-corrected chi connectivity index (χ1v) is 4.00. The van der Waals surface area contributed by atoms with Gasteiger partial charge >= 0.3 is 0 Å². The predicted octanol–water partition coefficient (Wildman–Crippen LogP) is 0.622. The molecular formula is C9H12N2O2. The highest BCUT2D eigenvalue weighted by Crippen LogP contribution is 2.11. The molecule has 4 nitrogen and oxygen atoms in total. The normalized spacial score (nSPS) is 9.69. The fourth-order valence-corrected chi connectivity index (χ4v) is 0.958. The summed E-state index contributed by atoms with van der Waals surface area (Å²) in [5.74, 6) is 0.580. The Labute approximate surface area is 76.7 Å². The van der Waals surface area contributed by atoms with Crippen LogP contribution in [0.5, 0.6) is 5.75 Å². The van der Waals surface area contributed by atoms with Crippen molar-refractivity contribution in [2.75, 3.05) is 13.7 Å². The average molecular weight is 180 g/mol. The van der Waals surface area contributed by atoms with Crippen molar-refractivity contribution in [1.82, 2.24) is 4.98 Å². The van der Waals surface area contributed by atoms with E-state index in [0.717, 1.165) is 0 Å². The van der Waals surface area contributed by atoms with E-state index in [1.54, 1.807) is 12.3 Å². The summed E-state index contributed by atoms with van der Waals surface area (Å²) in [5, 5.41) is 0. The summed E-state index contributed by atoms with van der Waals surface area (Å²) in [4.78, 5) is 15.2. The quantitative estimate of drug-likeness (QED) is 0.690. The molecule has 1 aromatic rings. The highest BCUT2D eigenvalue weighted by atomic mass is 16.5. The minimum absolute atomic E-state index is 0.00565. The molecule has 0 radical (unpaired) electrons. The highest BCUT2D eigenvalue weighted by molar-refractivity contribution is 5.96. The Kier molecular flexibility index (Phi) is 3.40. The molecule has 0 aliphatic rings. The number of aromatic nitrogens is 1. The molecule has 13 heavy (non-hydrogen) atoms. The van der Waals surface area contributed by atoms with E-state index < -0.39 is 0 Å². The lowest BCUT2D eigenvalue weighted by Crippen LogP contribution is -2.08. The van der Waals surface area contributed by atoms with Crippen molar-refractivity contribution in [2.45, 2.75) is 6.42 Å². The third-order valence-electron chi connectivity index (χ3n) is 1.64. The summed E-state index contributed by atoms with van der Waals surface area (Å²) in [7, 11) is 1.54. The fraction of sp³-hybridized carbons (Fsp3) is 0.333. The Morgan fingerprint density at radius 2 is 2.38 bits per heavy atom. The van der Waals surface area contributed by atoms with Crippen LogP contribution in [0.2, 0.25) is 0 Å². The van der Waals surface area contributed by atoms with Gasteiger partial charge in [-0.25, -0.2) is 0 Å². The first-order chi connectivity index (χ1) is 6.27. The van der Waals surface area contributed by atoms with Crippen LogP contribution in [0.3, 0.4) is 0 Å². The maximum Gasteiger partial charge on any atom is 0.165 e. The van der Waals surface area contributed by atoms with Gasteiger partial charge in [-0.05, 0) is 12.6 Å². The lowest BCUT2D eigenvalue weighted by molar-refractivity contribution is 0.0984. The molecule has 0 aliphatic heterocycles. The van der Waals surface area contributed by atoms with Crippen LogP contribution in [-0.4, -0.2) is 24.4 Å². The lowest BCUT2D eigenvalue weighted by atomic mass is 10.1. The van der Waals surface area contributed by atoms with E-state index in [2.05, 4.69) is 4.98 Å². The summed E-state index contributed by atoms with van der Waals surface area (Å²) in [6.07, 6.45) is 3.41. The van der Waals surface area contributed by atoms with Gasteiger partial charge in [0.25, 0.3) is 0 Å². The van der Waals surface area contributed by atoms with Crippen molar-refractivity contribution in [3.8, 4) is 5.75 Å². The summed E-state index contributed by atoms with van der Waals surface area (Å²) in [6.45, 7) is 0.357. The molecule has 2 N–H and O–H groups in total. The lowest BCUT2D eigenvalue weighted by Gasteiger charge is -2.01. The number of carbonyl (C=O) groups excluding carboxylic acids is 1. The number of Topliss-reactive ketones (excluding diaryl/α,β-unsaturated/α-hetero) is 1. The number of ketones is 1. The zero-order valence-corrected chi connectivity index (χ0v) is 7.49. The Bertz CT molecular complexity index is 299. The van der Waals surface area contributed by atoms with E-state index in [9.17, 15) is 4.79 Å². The third kappa shape index (κ3) is 2.52. The van der Waals surface area contributed by atoms with Gasteiger partial charge in [0, 0.05) is 18.2 Å². The van der Waals surface area contributed by atoms with Crippen LogP contribution in [0.1, 0.15) is 16.8 Å². The number of nitrogens with zero attached hydrogens (tertiary/aromatic N) is 1. The second-order valence-electron chi connectivity index (χ2n) is 2.58. The van der Waals surface area contributed by atoms with Crippen LogP contribution in [-0.2, 0) is 0 Å². The molecule has 0 unspecified atom stereocenters. The fourth-order valence-electron chi connectivity index (χ4n) is 0.958. The second-order valence-corrected chi connectivity index (χ2v) is 2.58. The van der Waals surface area contributed by atoms with Crippen molar-refractivity contribution in [1.29, 1.82) is 0 Å². The van der Waals surface area contributed by atoms with Gasteiger partial charge in [-0.1, -0.05) is 0 Å². The van der Waals surface area contributed by atoms with Gasteiger partial charge in [0.1, 0.15) is 5.75 Å². The molecule has 0 aromatic carbocycles. The van der Waals surface area contributed by atoms with Gasteiger partial charge in [0.15, 0.2) is 5.78 Å². The molecule has 0 atom stereocenters. The van der Waals surface area contributed by atoms with Crippen molar-refractivity contribution in [2.24, 2.45) is 5.73 Å². The molecule has 4 heteroatoms. The Morgan fingerprint density at radius 1 is 1.62 bits per heavy atom. The molecule has 0 fully saturated rings. The van der Waals surface area contributed by atoms with Gasteiger partial charge in [-0.3, -0.25) is 9.78 Å². The number of rotatable bonds is 4. The van der Waals surface area contributed by atoms with Crippen molar-refractivity contribution in [3.63, 3.8) is 0 Å². The maximum atomic E-state index is 11.3. The molecular weight excluding hydrogens is 168 g/mol. The summed E-state index contributed by atoms with van der Waals surface area (Å²) in [5.41, 5.74) is 5.81. The van der Waals surface area contributed by atoms with Crippen LogP contribution in [0.4, 0.5) is 0 Å². The highest BCUT2D eigenvalue weighted by Gasteiger charge is 2.05. The molecule has 1 aromatic heterocycles. The number of nitrogens with two attached hydrogens (primary N) is 1. The monoisotopic (exact) mass is 180 g/mol. The van der Waals surface area contributed by atoms with E-state index in [4.69, 9.17) is 10.5 Å². The second kappa shape index (κ2) is 4.57. The molecule has 0 bridgehead atoms. The predicted molar refractivity (Wildman–Crippen MR) is 48.8 cm³/mol. The SMILES string of the molecule is COc1cncc(C(=O)CCN)c1. The third-order valence-corrected chi connectivity index (χ3v) is 1.64. The summed E-state index contributed by atoms with van der Waals surface area (Å²) in [6, 6.07) is 1.66. The minimum atomic E-state index is -0.00565. The number of pyridine rings is 1. The minimum Gasteiger partial charge on any atom is -0.495 e. The van der Waals surface area contributed by atoms with Crippen LogP contribution in [0.25, 0.3) is 0 Å². The van der Waals surface area contributed by atoms with Crippen molar-refractivity contribution in [3.05, 3.63) is 24.0 Å². The number of hydrogen-bond donors (Lipinski definition) is 1. The van der Waals surface area contributed by atoms with Crippen molar-refractivity contribution < 1.29 is 9.53 Å². The first-order valence-electron chi connectivity index (χ1n) is 4.00. The average Bonchev–Trinajstić information content (AvgIpc) is 2.18. The van der Waals surface area contributed by atoms with Gasteiger partial charge in [-0.15, -0.1) is 0 Å². The largest absolute Gasteiger partial charge is 0.495 e. The molecule has 0 amide bonds. The molecule has 1 heterocycles. The van der Waals surface area contributed by atoms with E-state index in [-0.39, 0.29) is 5.78 Å². The Morgan fingerprint density at radius 3 is 3.00 bits per heavy atom. The first kappa shape index (κ1) is 9.67. The number of methoxy groups -OCH3 is 1. The van der Waals surface area contributed by atoms with Crippen LogP contribution in [0, 0.1) is 0 Å². The number of ether oxygens (including phenoxy) is 1. The standard InChI is InChI=1S/C9H12N2O2/c1-13-8-4-7(5-11-6-8)9(12)2-3-10/h4-6H,2-3,10H2,1H3. The number of hydrogen-bond acceptors (Lipinski definition) is 4. The molecule has 0 saturated carbocycles. The molecule has 1 rings (SSSR count). The van der Waals surface area contributed by atoms with Gasteiger partial charge in [-0.2, -0.15) is 0 Å². The zero-order chi connectivity index (χ0) is 9.68. The van der Waals surface area contributed by atoms with E-state index in [0.29, 0.717) is 24.3 Å². The van der Waals surface area contributed by atoms with Crippen LogP contribution in [0.15, 0.2) is 18.5 Å². The van der Waals surface area contributed by atoms with Crippen LogP contribution < -0.4 is 10.5 Å². The summed E-state index contributed by atoms with van der Waals surface area (Å²) < 4.78 is 4.94. The smallest absolute Gasteiger partial charge is 0.165 e. The Balaban J connectivity index is 2.82. The van der Waals surface area contributed by atoms with E-state index in [1.807, 2.05) is 0 Å². The van der Waals surface area contributed by atoms with Gasteiger partial charge < -0.3 is 10.5 Å². The molecule has 0 spiro atoms. The van der Waals surface area contributed by atoms with E-state index in [1.165, 1.54) is 13.3 Å². The topological polar surface area (TPSA) is 65.2 Å². The van der Waals surface area contributed by atoms with Crippen LogP contribution >= 0.6 is 0 Å². The zero-order valence-electron chi connectivity index (χ0n) is 7.49. The maximum absolute atomic E-state index is 11.3. The number of carbonyl (C=O) groups is 1. The van der Waals surface area contributed by atoms with Crippen molar-refractivity contribution >= 4 is 5.78 Å². The Hall–Kier alpha value is -1.42. The molecule has 0 aliphatic carbocycles. The summed E-state index contributed by atoms with van der Waals surface area (Å²) >= 11 is 0. The molecule has 70 valence electrons. The van der Waals surface area contributed by atoms with Gasteiger partial charge in [0.2, 0.25) is 0 Å². The van der Waals surface area contributed by atoms with Gasteiger partial charge in [0.05, 0.1) is 13.3 Å². The van der Waals surface area contributed by atoms with E-state index >= 15 is 0 Å². The molecule has 0 saturated heterocycles.